The number of fused-ring (bicyclic) bond motifs is 1. The molecule has 0 heterocycles. The summed E-state index contributed by atoms with van der Waals surface area (Å²) in [5.41, 5.74) is 0. The van der Waals surface area contributed by atoms with Gasteiger partial charge in [-0.05, 0) is 23.8 Å². The van der Waals surface area contributed by atoms with Crippen LogP contribution >= 0.6 is 0 Å². The first-order valence-electron chi connectivity index (χ1n) is 8.07. The van der Waals surface area contributed by atoms with Gasteiger partial charge in [-0.1, -0.05) is 69.5 Å². The highest BCUT2D eigenvalue weighted by Gasteiger charge is 2.13. The van der Waals surface area contributed by atoms with Crippen molar-refractivity contribution in [1.82, 2.24) is 0 Å². The zero-order valence-corrected chi connectivity index (χ0v) is 13.4. The zero-order chi connectivity index (χ0) is 15.8. The topological polar surface area (TPSA) is 35.5 Å². The number of ether oxygens (including phenoxy) is 2. The van der Waals surface area contributed by atoms with E-state index in [9.17, 15) is 4.79 Å². The Morgan fingerprint density at radius 1 is 1.09 bits per heavy atom. The van der Waals surface area contributed by atoms with Crippen LogP contribution in [0.3, 0.4) is 0 Å². The summed E-state index contributed by atoms with van der Waals surface area (Å²) in [7, 11) is 0. The molecule has 118 valence electrons. The summed E-state index contributed by atoms with van der Waals surface area (Å²) in [5.74, 6) is 0.963. The van der Waals surface area contributed by atoms with E-state index in [1.54, 1.807) is 6.07 Å². The van der Waals surface area contributed by atoms with Gasteiger partial charge in [0, 0.05) is 5.39 Å². The second kappa shape index (κ2) is 8.42. The number of carbonyl (C=O) groups excluding carboxylic acids is 1. The van der Waals surface area contributed by atoms with Crippen LogP contribution in [0, 0.1) is 5.92 Å². The van der Waals surface area contributed by atoms with Crippen LogP contribution in [0.25, 0.3) is 10.8 Å². The summed E-state index contributed by atoms with van der Waals surface area (Å²) in [6, 6.07) is 13.5. The van der Waals surface area contributed by atoms with E-state index in [4.69, 9.17) is 9.47 Å². The van der Waals surface area contributed by atoms with Crippen molar-refractivity contribution in [3.8, 4) is 5.75 Å². The molecule has 22 heavy (non-hydrogen) atoms. The van der Waals surface area contributed by atoms with Crippen LogP contribution in [0.1, 0.15) is 39.5 Å². The van der Waals surface area contributed by atoms with Gasteiger partial charge in [0.2, 0.25) is 0 Å². The lowest BCUT2D eigenvalue weighted by Gasteiger charge is -2.14. The predicted molar refractivity (Wildman–Crippen MR) is 89.2 cm³/mol. The lowest BCUT2D eigenvalue weighted by molar-refractivity contribution is 0.0816. The smallest absolute Gasteiger partial charge is 0.434 e. The average Bonchev–Trinajstić information content (AvgIpc) is 2.55. The van der Waals surface area contributed by atoms with Crippen molar-refractivity contribution in [2.75, 3.05) is 6.61 Å². The Kier molecular flexibility index (Phi) is 6.26. The van der Waals surface area contributed by atoms with Crippen molar-refractivity contribution in [3.05, 3.63) is 42.5 Å². The molecule has 0 saturated carbocycles. The van der Waals surface area contributed by atoms with Crippen LogP contribution in [0.15, 0.2) is 42.5 Å². The Balaban J connectivity index is 1.93. The van der Waals surface area contributed by atoms with Gasteiger partial charge in [0.15, 0.2) is 0 Å². The van der Waals surface area contributed by atoms with E-state index in [0.717, 1.165) is 30.0 Å². The fourth-order valence-electron chi connectivity index (χ4n) is 2.49. The van der Waals surface area contributed by atoms with Gasteiger partial charge in [-0.25, -0.2) is 4.79 Å². The minimum atomic E-state index is -0.619. The van der Waals surface area contributed by atoms with E-state index in [-0.39, 0.29) is 0 Å². The SMILES string of the molecule is CCCCC(CC)COC(=O)Oc1cccc2ccccc12. The summed E-state index contributed by atoms with van der Waals surface area (Å²) >= 11 is 0. The van der Waals surface area contributed by atoms with E-state index in [2.05, 4.69) is 13.8 Å². The lowest BCUT2D eigenvalue weighted by atomic mass is 10.0. The quantitative estimate of drug-likeness (QED) is 0.495. The minimum Gasteiger partial charge on any atom is -0.434 e. The molecule has 1 unspecified atom stereocenters. The number of carbonyl (C=O) groups is 1. The molecule has 0 aliphatic heterocycles. The Morgan fingerprint density at radius 2 is 1.86 bits per heavy atom. The molecule has 0 bridgehead atoms. The Hall–Kier alpha value is -2.03. The van der Waals surface area contributed by atoms with Crippen molar-refractivity contribution in [2.45, 2.75) is 39.5 Å². The summed E-state index contributed by atoms with van der Waals surface area (Å²) in [4.78, 5) is 11.9. The Labute approximate surface area is 132 Å². The molecule has 3 nitrogen and oxygen atoms in total. The first kappa shape index (κ1) is 16.3. The van der Waals surface area contributed by atoms with Crippen molar-refractivity contribution in [3.63, 3.8) is 0 Å². The first-order valence-corrected chi connectivity index (χ1v) is 8.07. The summed E-state index contributed by atoms with van der Waals surface area (Å²) < 4.78 is 10.6. The van der Waals surface area contributed by atoms with Crippen LogP contribution in [-0.2, 0) is 4.74 Å². The molecule has 0 aliphatic rings. The monoisotopic (exact) mass is 300 g/mol. The van der Waals surface area contributed by atoms with Crippen LogP contribution in [-0.4, -0.2) is 12.8 Å². The molecule has 1 atom stereocenters. The number of benzene rings is 2. The van der Waals surface area contributed by atoms with Gasteiger partial charge in [0.1, 0.15) is 5.75 Å². The van der Waals surface area contributed by atoms with Crippen molar-refractivity contribution < 1.29 is 14.3 Å². The van der Waals surface area contributed by atoms with E-state index < -0.39 is 6.16 Å². The van der Waals surface area contributed by atoms with Crippen LogP contribution < -0.4 is 4.74 Å². The van der Waals surface area contributed by atoms with Gasteiger partial charge in [0.25, 0.3) is 0 Å². The van der Waals surface area contributed by atoms with Crippen LogP contribution in [0.4, 0.5) is 4.79 Å². The molecule has 2 aromatic rings. The molecule has 0 spiro atoms. The summed E-state index contributed by atoms with van der Waals surface area (Å²) in [6.07, 6.45) is 3.82. The molecule has 0 aliphatic carbocycles. The third kappa shape index (κ3) is 4.48. The van der Waals surface area contributed by atoms with Gasteiger partial charge < -0.3 is 9.47 Å². The van der Waals surface area contributed by atoms with Crippen LogP contribution in [0.2, 0.25) is 0 Å². The third-order valence-corrected chi connectivity index (χ3v) is 3.92. The van der Waals surface area contributed by atoms with E-state index in [1.807, 2.05) is 36.4 Å². The normalized spacial score (nSPS) is 12.1. The molecule has 2 rings (SSSR count). The fourth-order valence-corrected chi connectivity index (χ4v) is 2.49. The van der Waals surface area contributed by atoms with Gasteiger partial charge in [0.05, 0.1) is 6.61 Å². The molecule has 0 fully saturated rings. The van der Waals surface area contributed by atoms with Gasteiger partial charge in [-0.2, -0.15) is 0 Å². The highest BCUT2D eigenvalue weighted by Crippen LogP contribution is 2.25. The molecular formula is C19H24O3. The highest BCUT2D eigenvalue weighted by atomic mass is 16.7. The number of hydrogen-bond donors (Lipinski definition) is 0. The maximum absolute atomic E-state index is 11.9. The van der Waals surface area contributed by atoms with Gasteiger partial charge >= 0.3 is 6.16 Å². The zero-order valence-electron chi connectivity index (χ0n) is 13.4. The molecule has 0 amide bonds. The molecule has 3 heteroatoms. The summed E-state index contributed by atoms with van der Waals surface area (Å²) in [6.45, 7) is 4.72. The fraction of sp³-hybridized carbons (Fsp3) is 0.421. The standard InChI is InChI=1S/C19H24O3/c1-3-5-9-15(4-2)14-21-19(20)22-18-13-8-11-16-10-6-7-12-17(16)18/h6-8,10-13,15H,3-5,9,14H2,1-2H3. The number of unbranched alkanes of at least 4 members (excludes halogenated alkanes) is 1. The number of rotatable bonds is 7. The van der Waals surface area contributed by atoms with Crippen molar-refractivity contribution in [2.24, 2.45) is 5.92 Å². The summed E-state index contributed by atoms with van der Waals surface area (Å²) in [5, 5.41) is 1.96. The maximum atomic E-state index is 11.9. The molecule has 0 saturated heterocycles. The number of hydrogen-bond acceptors (Lipinski definition) is 3. The second-order valence-electron chi connectivity index (χ2n) is 5.56. The predicted octanol–water partition coefficient (Wildman–Crippen LogP) is 5.57. The maximum Gasteiger partial charge on any atom is 0.513 e. The average molecular weight is 300 g/mol. The second-order valence-corrected chi connectivity index (χ2v) is 5.56. The van der Waals surface area contributed by atoms with E-state index in [0.29, 0.717) is 18.3 Å². The Bertz CT molecular complexity index is 601. The third-order valence-electron chi connectivity index (χ3n) is 3.92. The highest BCUT2D eigenvalue weighted by molar-refractivity contribution is 5.89. The largest absolute Gasteiger partial charge is 0.513 e. The van der Waals surface area contributed by atoms with Crippen molar-refractivity contribution >= 4 is 16.9 Å². The van der Waals surface area contributed by atoms with Crippen LogP contribution in [0.5, 0.6) is 5.75 Å². The van der Waals surface area contributed by atoms with Gasteiger partial charge in [-0.3, -0.25) is 0 Å². The molecule has 2 aromatic carbocycles. The van der Waals surface area contributed by atoms with E-state index >= 15 is 0 Å². The van der Waals surface area contributed by atoms with Gasteiger partial charge in [-0.15, -0.1) is 0 Å². The molecule has 0 aromatic heterocycles. The molecule has 0 N–H and O–H groups in total. The minimum absolute atomic E-state index is 0.417. The Morgan fingerprint density at radius 3 is 2.64 bits per heavy atom. The lowest BCUT2D eigenvalue weighted by Crippen LogP contribution is -2.17. The van der Waals surface area contributed by atoms with E-state index in [1.165, 1.54) is 6.42 Å². The molecule has 0 radical (unpaired) electrons. The van der Waals surface area contributed by atoms with Crippen molar-refractivity contribution in [1.29, 1.82) is 0 Å². The molecular weight excluding hydrogens is 276 g/mol. The first-order chi connectivity index (χ1) is 10.7.